The van der Waals surface area contributed by atoms with Gasteiger partial charge in [0.15, 0.2) is 0 Å². The molecule has 3 aromatic rings. The molecule has 0 heterocycles. The molecular weight excluding hydrogens is 414 g/mol. The van der Waals surface area contributed by atoms with Crippen molar-refractivity contribution in [3.63, 3.8) is 0 Å². The molecule has 0 saturated carbocycles. The Labute approximate surface area is 209 Å². The average Bonchev–Trinajstić information content (AvgIpc) is 2.89. The zero-order valence-electron chi connectivity index (χ0n) is 22.3. The van der Waals surface area contributed by atoms with Gasteiger partial charge in [0, 0.05) is 57.2 Å². The number of benzene rings is 3. The summed E-state index contributed by atoms with van der Waals surface area (Å²) in [6.07, 6.45) is 0. The molecule has 34 heavy (non-hydrogen) atoms. The van der Waals surface area contributed by atoms with Crippen molar-refractivity contribution >= 4 is 11.4 Å². The Morgan fingerprint density at radius 3 is 1.09 bits per heavy atom. The van der Waals surface area contributed by atoms with Crippen molar-refractivity contribution in [3.05, 3.63) is 95.6 Å². The fourth-order valence-electron chi connectivity index (χ4n) is 4.33. The molecule has 0 bridgehead atoms. The van der Waals surface area contributed by atoms with Gasteiger partial charge in [0.05, 0.1) is 0 Å². The second-order valence-electron chi connectivity index (χ2n) is 8.31. The minimum atomic E-state index is 0.936. The lowest BCUT2D eigenvalue weighted by Gasteiger charge is -2.25. The van der Waals surface area contributed by atoms with Crippen molar-refractivity contribution < 1.29 is 0 Å². The molecule has 0 atom stereocenters. The van der Waals surface area contributed by atoms with Crippen LogP contribution in [0.15, 0.2) is 78.9 Å². The first-order chi connectivity index (χ1) is 16.7. The first kappa shape index (κ1) is 27.5. The van der Waals surface area contributed by atoms with Crippen LogP contribution >= 0.6 is 0 Å². The molecule has 0 aliphatic heterocycles. The standard InChI is InChI=1S/C29H39N3.C2H6/c1-5-31(6-2)28-18-14-26(15-19-28)23-30(22-25-12-10-9-11-13-25)24-27-16-20-29(21-17-27)32(7-3)8-4;1-2/h9-21H,5-8,22-24H2,1-4H3;1-2H3. The normalized spacial score (nSPS) is 10.6. The summed E-state index contributed by atoms with van der Waals surface area (Å²) >= 11 is 0. The van der Waals surface area contributed by atoms with E-state index in [1.165, 1.54) is 28.1 Å². The molecule has 0 radical (unpaired) electrons. The highest BCUT2D eigenvalue weighted by atomic mass is 15.1. The van der Waals surface area contributed by atoms with Crippen LogP contribution in [-0.2, 0) is 19.6 Å². The first-order valence-corrected chi connectivity index (χ1v) is 13.1. The van der Waals surface area contributed by atoms with Gasteiger partial charge in [-0.1, -0.05) is 68.4 Å². The molecule has 184 valence electrons. The summed E-state index contributed by atoms with van der Waals surface area (Å²) < 4.78 is 0. The van der Waals surface area contributed by atoms with Crippen molar-refractivity contribution in [2.24, 2.45) is 0 Å². The van der Waals surface area contributed by atoms with Gasteiger partial charge in [0.1, 0.15) is 0 Å². The number of anilines is 2. The average molecular weight is 460 g/mol. The van der Waals surface area contributed by atoms with Gasteiger partial charge in [-0.25, -0.2) is 0 Å². The number of rotatable bonds is 12. The summed E-state index contributed by atoms with van der Waals surface area (Å²) in [5.74, 6) is 0. The van der Waals surface area contributed by atoms with E-state index in [9.17, 15) is 0 Å². The number of hydrogen-bond donors (Lipinski definition) is 0. The Kier molecular flexibility index (Phi) is 12.3. The molecule has 0 unspecified atom stereocenters. The lowest BCUT2D eigenvalue weighted by molar-refractivity contribution is 0.248. The molecule has 0 saturated heterocycles. The van der Waals surface area contributed by atoms with E-state index < -0.39 is 0 Å². The highest BCUT2D eigenvalue weighted by Crippen LogP contribution is 2.20. The highest BCUT2D eigenvalue weighted by Gasteiger charge is 2.10. The van der Waals surface area contributed by atoms with Crippen LogP contribution < -0.4 is 9.80 Å². The van der Waals surface area contributed by atoms with Gasteiger partial charge in [0.2, 0.25) is 0 Å². The third-order valence-corrected chi connectivity index (χ3v) is 6.19. The van der Waals surface area contributed by atoms with Gasteiger partial charge in [-0.3, -0.25) is 4.90 Å². The summed E-state index contributed by atoms with van der Waals surface area (Å²) in [6.45, 7) is 19.8. The third-order valence-electron chi connectivity index (χ3n) is 6.19. The summed E-state index contributed by atoms with van der Waals surface area (Å²) in [7, 11) is 0. The maximum Gasteiger partial charge on any atom is 0.0366 e. The molecular formula is C31H45N3. The number of nitrogens with zero attached hydrogens (tertiary/aromatic N) is 3. The molecule has 3 nitrogen and oxygen atoms in total. The second kappa shape index (κ2) is 15.2. The van der Waals surface area contributed by atoms with Crippen LogP contribution in [0, 0.1) is 0 Å². The van der Waals surface area contributed by atoms with Gasteiger partial charge < -0.3 is 9.80 Å². The van der Waals surface area contributed by atoms with E-state index in [1.54, 1.807) is 0 Å². The fraction of sp³-hybridized carbons (Fsp3) is 0.419. The van der Waals surface area contributed by atoms with Gasteiger partial charge in [0.25, 0.3) is 0 Å². The van der Waals surface area contributed by atoms with Crippen LogP contribution in [0.3, 0.4) is 0 Å². The molecule has 0 amide bonds. The van der Waals surface area contributed by atoms with Crippen LogP contribution in [0.25, 0.3) is 0 Å². The summed E-state index contributed by atoms with van der Waals surface area (Å²) in [5.41, 5.74) is 6.68. The van der Waals surface area contributed by atoms with Crippen LogP contribution in [-0.4, -0.2) is 31.1 Å². The van der Waals surface area contributed by atoms with Crippen molar-refractivity contribution in [3.8, 4) is 0 Å². The van der Waals surface area contributed by atoms with Crippen molar-refractivity contribution in [1.82, 2.24) is 4.90 Å². The van der Waals surface area contributed by atoms with E-state index in [2.05, 4.69) is 121 Å². The van der Waals surface area contributed by atoms with Crippen molar-refractivity contribution in [1.29, 1.82) is 0 Å². The molecule has 3 aromatic carbocycles. The Morgan fingerprint density at radius 1 is 0.441 bits per heavy atom. The Bertz CT molecular complexity index is 838. The van der Waals surface area contributed by atoms with Crippen molar-refractivity contribution in [2.75, 3.05) is 36.0 Å². The summed E-state index contributed by atoms with van der Waals surface area (Å²) in [5, 5.41) is 0. The zero-order chi connectivity index (χ0) is 24.8. The maximum absolute atomic E-state index is 2.54. The minimum absolute atomic E-state index is 0.936. The van der Waals surface area contributed by atoms with Gasteiger partial charge in [-0.2, -0.15) is 0 Å². The Hall–Kier alpha value is -2.78. The van der Waals surface area contributed by atoms with Crippen molar-refractivity contribution in [2.45, 2.75) is 61.2 Å². The van der Waals surface area contributed by atoms with Crippen LogP contribution in [0.1, 0.15) is 58.2 Å². The third kappa shape index (κ3) is 8.22. The lowest BCUT2D eigenvalue weighted by atomic mass is 10.1. The van der Waals surface area contributed by atoms with Gasteiger partial charge in [-0.05, 0) is 68.7 Å². The summed E-state index contributed by atoms with van der Waals surface area (Å²) in [6, 6.07) is 29.0. The highest BCUT2D eigenvalue weighted by molar-refractivity contribution is 5.48. The number of hydrogen-bond acceptors (Lipinski definition) is 3. The van der Waals surface area contributed by atoms with E-state index in [0.29, 0.717) is 0 Å². The molecule has 0 spiro atoms. The Balaban J connectivity index is 0.00000199. The molecule has 0 aliphatic carbocycles. The summed E-state index contributed by atoms with van der Waals surface area (Å²) in [4.78, 5) is 7.32. The molecule has 0 fully saturated rings. The van der Waals surface area contributed by atoms with E-state index in [1.807, 2.05) is 13.8 Å². The minimum Gasteiger partial charge on any atom is -0.372 e. The first-order valence-electron chi connectivity index (χ1n) is 13.1. The smallest absolute Gasteiger partial charge is 0.0366 e. The van der Waals surface area contributed by atoms with Gasteiger partial charge in [-0.15, -0.1) is 0 Å². The fourth-order valence-corrected chi connectivity index (χ4v) is 4.33. The second-order valence-corrected chi connectivity index (χ2v) is 8.31. The molecule has 3 rings (SSSR count). The van der Waals surface area contributed by atoms with Crippen LogP contribution in [0.4, 0.5) is 11.4 Å². The van der Waals surface area contributed by atoms with E-state index in [0.717, 1.165) is 45.8 Å². The molecule has 0 N–H and O–H groups in total. The Morgan fingerprint density at radius 2 is 0.765 bits per heavy atom. The van der Waals surface area contributed by atoms with Gasteiger partial charge >= 0.3 is 0 Å². The predicted octanol–water partition coefficient (Wildman–Crippen LogP) is 7.61. The quantitative estimate of drug-likeness (QED) is 0.276. The molecule has 3 heteroatoms. The van der Waals surface area contributed by atoms with Crippen LogP contribution in [0.2, 0.25) is 0 Å². The monoisotopic (exact) mass is 459 g/mol. The topological polar surface area (TPSA) is 9.72 Å². The predicted molar refractivity (Wildman–Crippen MR) is 151 cm³/mol. The van der Waals surface area contributed by atoms with E-state index in [-0.39, 0.29) is 0 Å². The zero-order valence-corrected chi connectivity index (χ0v) is 22.3. The largest absolute Gasteiger partial charge is 0.372 e. The van der Waals surface area contributed by atoms with E-state index in [4.69, 9.17) is 0 Å². The van der Waals surface area contributed by atoms with Crippen LogP contribution in [0.5, 0.6) is 0 Å². The lowest BCUT2D eigenvalue weighted by Crippen LogP contribution is -2.24. The molecule has 0 aliphatic rings. The SMILES string of the molecule is CC.CCN(CC)c1ccc(CN(Cc2ccccc2)Cc2ccc(N(CC)CC)cc2)cc1. The molecule has 0 aromatic heterocycles. The maximum atomic E-state index is 2.54. The van der Waals surface area contributed by atoms with E-state index >= 15 is 0 Å².